The maximum atomic E-state index is 5.17. The predicted molar refractivity (Wildman–Crippen MR) is 84.6 cm³/mol. The maximum Gasteiger partial charge on any atom is 0.216 e. The Morgan fingerprint density at radius 1 is 1.19 bits per heavy atom. The fourth-order valence-electron chi connectivity index (χ4n) is 2.48. The van der Waals surface area contributed by atoms with Crippen molar-refractivity contribution in [1.29, 1.82) is 0 Å². The average Bonchev–Trinajstić information content (AvgIpc) is 2.49. The number of benzene rings is 1. The van der Waals surface area contributed by atoms with Gasteiger partial charge in [0.15, 0.2) is 0 Å². The normalized spacial score (nSPS) is 12.2. The molecule has 0 saturated carbocycles. The lowest BCUT2D eigenvalue weighted by Gasteiger charge is -2.21. The van der Waals surface area contributed by atoms with Gasteiger partial charge in [-0.25, -0.2) is 9.97 Å². The summed E-state index contributed by atoms with van der Waals surface area (Å²) in [5.74, 6) is 0.608. The summed E-state index contributed by atoms with van der Waals surface area (Å²) in [7, 11) is 1.62. The van der Waals surface area contributed by atoms with E-state index in [2.05, 4.69) is 54.3 Å². The van der Waals surface area contributed by atoms with Crippen molar-refractivity contribution in [2.75, 3.05) is 13.7 Å². The molecule has 21 heavy (non-hydrogen) atoms. The fourth-order valence-corrected chi connectivity index (χ4v) is 2.48. The first-order chi connectivity index (χ1) is 10.1. The molecule has 0 bridgehead atoms. The van der Waals surface area contributed by atoms with E-state index in [0.717, 1.165) is 18.7 Å². The van der Waals surface area contributed by atoms with Crippen LogP contribution in [-0.4, -0.2) is 23.6 Å². The van der Waals surface area contributed by atoms with Crippen LogP contribution in [0.3, 0.4) is 0 Å². The number of methoxy groups -OCH3 is 1. The molecule has 2 rings (SSSR count). The summed E-state index contributed by atoms with van der Waals surface area (Å²) in [5.41, 5.74) is 4.88. The smallest absolute Gasteiger partial charge is 0.216 e. The minimum Gasteiger partial charge on any atom is -0.481 e. The lowest BCUT2D eigenvalue weighted by molar-refractivity contribution is 0.395. The molecule has 4 heteroatoms. The second-order valence-electron chi connectivity index (χ2n) is 5.23. The van der Waals surface area contributed by atoms with Gasteiger partial charge in [-0.15, -0.1) is 0 Å². The minimum absolute atomic E-state index is 0.245. The third kappa shape index (κ3) is 4.02. The zero-order chi connectivity index (χ0) is 15.2. The number of aryl methyl sites for hydroxylation is 2. The molecule has 0 amide bonds. The molecule has 1 aromatic heterocycles. The van der Waals surface area contributed by atoms with Gasteiger partial charge in [0.1, 0.15) is 6.33 Å². The van der Waals surface area contributed by atoms with E-state index in [9.17, 15) is 0 Å². The Morgan fingerprint density at radius 3 is 2.71 bits per heavy atom. The van der Waals surface area contributed by atoms with Crippen molar-refractivity contribution in [1.82, 2.24) is 15.3 Å². The van der Waals surface area contributed by atoms with Crippen LogP contribution in [0.5, 0.6) is 5.88 Å². The van der Waals surface area contributed by atoms with Crippen LogP contribution in [-0.2, 0) is 6.42 Å². The highest BCUT2D eigenvalue weighted by Gasteiger charge is 2.15. The molecule has 0 aliphatic carbocycles. The summed E-state index contributed by atoms with van der Waals surface area (Å²) >= 11 is 0. The third-order valence-electron chi connectivity index (χ3n) is 3.58. The molecule has 1 N–H and O–H groups in total. The summed E-state index contributed by atoms with van der Waals surface area (Å²) in [5, 5.41) is 3.55. The number of ether oxygens (including phenoxy) is 1. The molecule has 0 aliphatic heterocycles. The van der Waals surface area contributed by atoms with Crippen LogP contribution < -0.4 is 10.1 Å². The number of nitrogens with zero attached hydrogens (tertiary/aromatic N) is 2. The van der Waals surface area contributed by atoms with Crippen molar-refractivity contribution < 1.29 is 4.74 Å². The molecule has 0 spiro atoms. The van der Waals surface area contributed by atoms with Gasteiger partial charge in [-0.1, -0.05) is 30.7 Å². The first kappa shape index (κ1) is 15.4. The van der Waals surface area contributed by atoms with Crippen LogP contribution in [0.4, 0.5) is 0 Å². The van der Waals surface area contributed by atoms with Gasteiger partial charge >= 0.3 is 0 Å². The number of likely N-dealkylation sites (N-methyl/N-ethyl adjacent to an activating group) is 1. The Labute approximate surface area is 126 Å². The number of aromatic nitrogens is 2. The summed E-state index contributed by atoms with van der Waals surface area (Å²) < 4.78 is 5.17. The summed E-state index contributed by atoms with van der Waals surface area (Å²) in [6.45, 7) is 7.32. The van der Waals surface area contributed by atoms with E-state index in [1.165, 1.54) is 16.7 Å². The monoisotopic (exact) mass is 285 g/mol. The molecule has 1 unspecified atom stereocenters. The van der Waals surface area contributed by atoms with Crippen molar-refractivity contribution in [3.8, 4) is 5.88 Å². The minimum atomic E-state index is 0.245. The van der Waals surface area contributed by atoms with Crippen LogP contribution in [0.1, 0.15) is 35.3 Å². The van der Waals surface area contributed by atoms with Gasteiger partial charge in [-0.2, -0.15) is 0 Å². The fraction of sp³-hybridized carbons (Fsp3) is 0.412. The number of hydrogen-bond donors (Lipinski definition) is 1. The van der Waals surface area contributed by atoms with Gasteiger partial charge in [0.25, 0.3) is 0 Å². The molecule has 1 aromatic carbocycles. The number of rotatable bonds is 6. The van der Waals surface area contributed by atoms with Crippen LogP contribution in [0.15, 0.2) is 30.6 Å². The second-order valence-corrected chi connectivity index (χ2v) is 5.23. The summed E-state index contributed by atoms with van der Waals surface area (Å²) in [6.07, 6.45) is 2.37. The molecule has 0 saturated heterocycles. The molecule has 4 nitrogen and oxygen atoms in total. The summed E-state index contributed by atoms with van der Waals surface area (Å²) in [6, 6.07) is 8.72. The Morgan fingerprint density at radius 2 is 2.00 bits per heavy atom. The first-order valence-corrected chi connectivity index (χ1v) is 7.29. The predicted octanol–water partition coefficient (Wildman–Crippen LogP) is 3.00. The average molecular weight is 285 g/mol. The second kappa shape index (κ2) is 7.18. The topological polar surface area (TPSA) is 47.0 Å². The molecule has 1 atom stereocenters. The van der Waals surface area contributed by atoms with Crippen molar-refractivity contribution in [3.63, 3.8) is 0 Å². The Kier molecular flexibility index (Phi) is 5.28. The molecule has 0 radical (unpaired) electrons. The van der Waals surface area contributed by atoms with E-state index in [-0.39, 0.29) is 6.04 Å². The highest BCUT2D eigenvalue weighted by Crippen LogP contribution is 2.23. The van der Waals surface area contributed by atoms with Crippen LogP contribution in [0.2, 0.25) is 0 Å². The highest BCUT2D eigenvalue weighted by atomic mass is 16.5. The van der Waals surface area contributed by atoms with E-state index in [1.54, 1.807) is 13.4 Å². The molecule has 2 aromatic rings. The van der Waals surface area contributed by atoms with Crippen LogP contribution in [0, 0.1) is 13.8 Å². The third-order valence-corrected chi connectivity index (χ3v) is 3.58. The lowest BCUT2D eigenvalue weighted by Crippen LogP contribution is -2.24. The van der Waals surface area contributed by atoms with Gasteiger partial charge in [0.05, 0.1) is 7.11 Å². The van der Waals surface area contributed by atoms with E-state index in [4.69, 9.17) is 4.74 Å². The maximum absolute atomic E-state index is 5.17. The Hall–Kier alpha value is -1.94. The van der Waals surface area contributed by atoms with Gasteiger partial charge < -0.3 is 10.1 Å². The largest absolute Gasteiger partial charge is 0.481 e. The Balaban J connectivity index is 2.28. The molecular weight excluding hydrogens is 262 g/mol. The molecule has 1 heterocycles. The molecule has 0 aliphatic rings. The molecular formula is C17H23N3O. The van der Waals surface area contributed by atoms with Crippen LogP contribution >= 0.6 is 0 Å². The van der Waals surface area contributed by atoms with E-state index >= 15 is 0 Å². The van der Waals surface area contributed by atoms with Gasteiger partial charge in [0.2, 0.25) is 5.88 Å². The van der Waals surface area contributed by atoms with Gasteiger partial charge in [-0.3, -0.25) is 0 Å². The van der Waals surface area contributed by atoms with Gasteiger partial charge in [0, 0.05) is 24.2 Å². The quantitative estimate of drug-likeness (QED) is 0.886. The first-order valence-electron chi connectivity index (χ1n) is 7.29. The number of nitrogens with one attached hydrogen (secondary N) is 1. The SMILES string of the molecule is CCNC(Cc1cc(OC)ncn1)c1cc(C)ccc1C. The van der Waals surface area contributed by atoms with Crippen molar-refractivity contribution >= 4 is 0 Å². The summed E-state index contributed by atoms with van der Waals surface area (Å²) in [4.78, 5) is 8.42. The molecule has 112 valence electrons. The van der Waals surface area contributed by atoms with Crippen LogP contribution in [0.25, 0.3) is 0 Å². The highest BCUT2D eigenvalue weighted by molar-refractivity contribution is 5.34. The van der Waals surface area contributed by atoms with E-state index in [1.807, 2.05) is 6.07 Å². The standard InChI is InChI=1S/C17H23N3O/c1-5-18-16(15-8-12(2)6-7-13(15)3)9-14-10-17(21-4)20-11-19-14/h6-8,10-11,16,18H,5,9H2,1-4H3. The lowest BCUT2D eigenvalue weighted by atomic mass is 9.95. The van der Waals surface area contributed by atoms with E-state index in [0.29, 0.717) is 5.88 Å². The van der Waals surface area contributed by atoms with Crippen molar-refractivity contribution in [2.24, 2.45) is 0 Å². The van der Waals surface area contributed by atoms with Crippen molar-refractivity contribution in [2.45, 2.75) is 33.2 Å². The number of hydrogen-bond acceptors (Lipinski definition) is 4. The molecule has 0 fully saturated rings. The Bertz CT molecular complexity index is 598. The zero-order valence-corrected chi connectivity index (χ0v) is 13.2. The van der Waals surface area contributed by atoms with Crippen molar-refractivity contribution in [3.05, 3.63) is 53.0 Å². The zero-order valence-electron chi connectivity index (χ0n) is 13.2. The van der Waals surface area contributed by atoms with E-state index < -0.39 is 0 Å². The van der Waals surface area contributed by atoms with Gasteiger partial charge in [-0.05, 0) is 31.5 Å².